The minimum Gasteiger partial charge on any atom is -0.382 e. The minimum atomic E-state index is -4.54. The first kappa shape index (κ1) is 23.7. The molecule has 33 heavy (non-hydrogen) atoms. The Morgan fingerprint density at radius 3 is 2.42 bits per heavy atom. The van der Waals surface area contributed by atoms with Crippen molar-refractivity contribution in [3.05, 3.63) is 65.3 Å². The fourth-order valence-electron chi connectivity index (χ4n) is 4.00. The minimum absolute atomic E-state index is 0.00233. The van der Waals surface area contributed by atoms with E-state index in [1.165, 1.54) is 23.9 Å². The van der Waals surface area contributed by atoms with E-state index in [1.807, 2.05) is 30.3 Å². The molecule has 4 nitrogen and oxygen atoms in total. The predicted molar refractivity (Wildman–Crippen MR) is 127 cm³/mol. The lowest BCUT2D eigenvalue weighted by molar-refractivity contribution is -0.140. The molecule has 1 saturated carbocycles. The molecule has 0 atom stereocenters. The van der Waals surface area contributed by atoms with Crippen molar-refractivity contribution in [1.29, 1.82) is 0 Å². The van der Waals surface area contributed by atoms with E-state index < -0.39 is 11.9 Å². The molecule has 3 aromatic rings. The first-order valence-electron chi connectivity index (χ1n) is 10.7. The SMILES string of the molecule is O=C(CSc1ccccc1)NC1CCC(Nc2cc(C(F)(F)F)nc3ccc(Cl)cc23)CC1. The zero-order valence-corrected chi connectivity index (χ0v) is 19.2. The van der Waals surface area contributed by atoms with Crippen molar-refractivity contribution in [3.63, 3.8) is 0 Å². The van der Waals surface area contributed by atoms with Gasteiger partial charge in [0.1, 0.15) is 5.69 Å². The lowest BCUT2D eigenvalue weighted by Gasteiger charge is -2.30. The number of nitrogens with zero attached hydrogens (tertiary/aromatic N) is 1. The third-order valence-corrected chi connectivity index (χ3v) is 6.87. The Morgan fingerprint density at radius 1 is 1.03 bits per heavy atom. The van der Waals surface area contributed by atoms with E-state index in [9.17, 15) is 18.0 Å². The van der Waals surface area contributed by atoms with Gasteiger partial charge < -0.3 is 10.6 Å². The topological polar surface area (TPSA) is 54.0 Å². The lowest BCUT2D eigenvalue weighted by Crippen LogP contribution is -2.40. The van der Waals surface area contributed by atoms with Crippen LogP contribution >= 0.6 is 23.4 Å². The van der Waals surface area contributed by atoms with Crippen LogP contribution in [0.15, 0.2) is 59.5 Å². The summed E-state index contributed by atoms with van der Waals surface area (Å²) in [5.41, 5.74) is -0.313. The Labute approximate surface area is 199 Å². The van der Waals surface area contributed by atoms with E-state index in [2.05, 4.69) is 15.6 Å². The van der Waals surface area contributed by atoms with Crippen LogP contribution in [-0.4, -0.2) is 28.7 Å². The number of hydrogen-bond acceptors (Lipinski definition) is 4. The number of pyridine rings is 1. The Hall–Kier alpha value is -2.45. The van der Waals surface area contributed by atoms with Crippen LogP contribution in [0.4, 0.5) is 18.9 Å². The monoisotopic (exact) mass is 493 g/mol. The van der Waals surface area contributed by atoms with Crippen LogP contribution in [-0.2, 0) is 11.0 Å². The summed E-state index contributed by atoms with van der Waals surface area (Å²) in [6.07, 6.45) is -1.54. The van der Waals surface area contributed by atoms with Gasteiger partial charge in [0, 0.05) is 33.1 Å². The second kappa shape index (κ2) is 10.2. The standard InChI is InChI=1S/C24H23ClF3N3OS/c25-15-6-11-20-19(12-15)21(13-22(31-20)24(26,27)28)29-16-7-9-17(10-8-16)30-23(32)14-33-18-4-2-1-3-5-18/h1-6,11-13,16-17H,7-10,14H2,(H,29,31)(H,30,32). The molecule has 0 radical (unpaired) electrons. The fourth-order valence-corrected chi connectivity index (χ4v) is 4.90. The molecule has 0 bridgehead atoms. The number of anilines is 1. The maximum Gasteiger partial charge on any atom is 0.433 e. The highest BCUT2D eigenvalue weighted by Gasteiger charge is 2.34. The molecule has 0 spiro atoms. The number of alkyl halides is 3. The molecule has 0 saturated heterocycles. The molecule has 1 aliphatic rings. The fraction of sp³-hybridized carbons (Fsp3) is 0.333. The third kappa shape index (κ3) is 6.32. The maximum absolute atomic E-state index is 13.3. The largest absolute Gasteiger partial charge is 0.433 e. The molecule has 1 heterocycles. The van der Waals surface area contributed by atoms with E-state index in [0.29, 0.717) is 21.8 Å². The quantitative estimate of drug-likeness (QED) is 0.383. The second-order valence-corrected chi connectivity index (χ2v) is 9.56. The van der Waals surface area contributed by atoms with E-state index in [1.54, 1.807) is 6.07 Å². The van der Waals surface area contributed by atoms with Crippen LogP contribution in [0.5, 0.6) is 0 Å². The van der Waals surface area contributed by atoms with Gasteiger partial charge in [0.05, 0.1) is 11.3 Å². The Morgan fingerprint density at radius 2 is 1.73 bits per heavy atom. The van der Waals surface area contributed by atoms with Crippen molar-refractivity contribution in [2.75, 3.05) is 11.1 Å². The normalized spacial score (nSPS) is 18.8. The molecule has 1 amide bonds. The van der Waals surface area contributed by atoms with E-state index in [-0.39, 0.29) is 23.5 Å². The van der Waals surface area contributed by atoms with Crippen molar-refractivity contribution in [3.8, 4) is 0 Å². The zero-order valence-electron chi connectivity index (χ0n) is 17.7. The predicted octanol–water partition coefficient (Wildman–Crippen LogP) is 6.54. The molecule has 1 aromatic heterocycles. The summed E-state index contributed by atoms with van der Waals surface area (Å²) in [6.45, 7) is 0. The van der Waals surface area contributed by atoms with Crippen LogP contribution in [0.25, 0.3) is 10.9 Å². The molecule has 1 fully saturated rings. The van der Waals surface area contributed by atoms with E-state index >= 15 is 0 Å². The number of fused-ring (bicyclic) bond motifs is 1. The van der Waals surface area contributed by atoms with Crippen molar-refractivity contribution in [1.82, 2.24) is 10.3 Å². The van der Waals surface area contributed by atoms with Gasteiger partial charge in [-0.25, -0.2) is 4.98 Å². The number of thioether (sulfide) groups is 1. The van der Waals surface area contributed by atoms with Crippen LogP contribution < -0.4 is 10.6 Å². The second-order valence-electron chi connectivity index (χ2n) is 8.08. The summed E-state index contributed by atoms with van der Waals surface area (Å²) in [4.78, 5) is 17.1. The maximum atomic E-state index is 13.3. The molecule has 9 heteroatoms. The first-order valence-corrected chi connectivity index (χ1v) is 12.1. The van der Waals surface area contributed by atoms with Crippen LogP contribution in [0.3, 0.4) is 0 Å². The number of carbonyl (C=O) groups is 1. The molecular formula is C24H23ClF3N3OS. The Balaban J connectivity index is 1.36. The van der Waals surface area contributed by atoms with Gasteiger partial charge in [-0.2, -0.15) is 13.2 Å². The highest BCUT2D eigenvalue weighted by Crippen LogP contribution is 2.35. The highest BCUT2D eigenvalue weighted by atomic mass is 35.5. The van der Waals surface area contributed by atoms with Gasteiger partial charge in [-0.05, 0) is 62.1 Å². The molecular weight excluding hydrogens is 471 g/mol. The van der Waals surface area contributed by atoms with Crippen LogP contribution in [0.1, 0.15) is 31.4 Å². The van der Waals surface area contributed by atoms with Gasteiger partial charge in [-0.15, -0.1) is 11.8 Å². The van der Waals surface area contributed by atoms with Gasteiger partial charge in [-0.3, -0.25) is 4.79 Å². The average Bonchev–Trinajstić information content (AvgIpc) is 2.79. The van der Waals surface area contributed by atoms with Crippen molar-refractivity contribution in [2.24, 2.45) is 0 Å². The smallest absolute Gasteiger partial charge is 0.382 e. The first-order chi connectivity index (χ1) is 15.8. The average molecular weight is 494 g/mol. The summed E-state index contributed by atoms with van der Waals surface area (Å²) in [5, 5.41) is 7.34. The Kier molecular flexibility index (Phi) is 7.34. The number of halogens is 4. The summed E-state index contributed by atoms with van der Waals surface area (Å²) >= 11 is 7.57. The molecule has 0 unspecified atom stereocenters. The Bertz CT molecular complexity index is 1120. The number of aromatic nitrogens is 1. The molecule has 174 valence electrons. The van der Waals surface area contributed by atoms with Gasteiger partial charge in [0.2, 0.25) is 5.91 Å². The summed E-state index contributed by atoms with van der Waals surface area (Å²) in [7, 11) is 0. The number of nitrogens with one attached hydrogen (secondary N) is 2. The number of carbonyl (C=O) groups excluding carboxylic acids is 1. The van der Waals surface area contributed by atoms with Crippen LogP contribution in [0.2, 0.25) is 5.02 Å². The van der Waals surface area contributed by atoms with Gasteiger partial charge in [0.15, 0.2) is 0 Å². The molecule has 2 aromatic carbocycles. The molecule has 1 aliphatic carbocycles. The van der Waals surface area contributed by atoms with Gasteiger partial charge in [0.25, 0.3) is 0 Å². The summed E-state index contributed by atoms with van der Waals surface area (Å²) < 4.78 is 40.0. The molecule has 0 aliphatic heterocycles. The van der Waals surface area contributed by atoms with Gasteiger partial charge in [-0.1, -0.05) is 29.8 Å². The zero-order chi connectivity index (χ0) is 23.4. The van der Waals surface area contributed by atoms with Crippen molar-refractivity contribution >= 4 is 45.9 Å². The molecule has 4 rings (SSSR count). The number of hydrogen-bond donors (Lipinski definition) is 2. The van der Waals surface area contributed by atoms with E-state index in [0.717, 1.165) is 36.6 Å². The number of rotatable bonds is 6. The summed E-state index contributed by atoms with van der Waals surface area (Å²) in [5.74, 6) is 0.344. The highest BCUT2D eigenvalue weighted by molar-refractivity contribution is 8.00. The summed E-state index contributed by atoms with van der Waals surface area (Å²) in [6, 6.07) is 15.5. The van der Waals surface area contributed by atoms with Crippen LogP contribution in [0, 0.1) is 0 Å². The van der Waals surface area contributed by atoms with Crippen molar-refractivity contribution in [2.45, 2.75) is 48.8 Å². The number of benzene rings is 2. The third-order valence-electron chi connectivity index (χ3n) is 5.63. The van der Waals surface area contributed by atoms with E-state index in [4.69, 9.17) is 11.6 Å². The number of amides is 1. The van der Waals surface area contributed by atoms with Crippen molar-refractivity contribution < 1.29 is 18.0 Å². The van der Waals surface area contributed by atoms with Gasteiger partial charge >= 0.3 is 6.18 Å². The lowest BCUT2D eigenvalue weighted by atomic mass is 9.91. The molecule has 2 N–H and O–H groups in total.